The lowest BCUT2D eigenvalue weighted by Gasteiger charge is -2.23. The largest absolute Gasteiger partial charge is 0.479 e. The molecule has 0 spiro atoms. The summed E-state index contributed by atoms with van der Waals surface area (Å²) >= 11 is 0. The first-order valence-corrected chi connectivity index (χ1v) is 3.95. The van der Waals surface area contributed by atoms with E-state index in [0.29, 0.717) is 6.07 Å². The van der Waals surface area contributed by atoms with Gasteiger partial charge in [-0.15, -0.1) is 0 Å². The predicted octanol–water partition coefficient (Wildman–Crippen LogP) is 1.33. The van der Waals surface area contributed by atoms with E-state index < -0.39 is 29.3 Å². The van der Waals surface area contributed by atoms with Crippen molar-refractivity contribution >= 4 is 5.97 Å². The summed E-state index contributed by atoms with van der Waals surface area (Å²) in [5, 5.41) is 8.62. The van der Waals surface area contributed by atoms with Crippen LogP contribution in [0.1, 0.15) is 5.56 Å². The fraction of sp³-hybridized carbons (Fsp3) is 0.222. The summed E-state index contributed by atoms with van der Waals surface area (Å²) in [5.41, 5.74) is 1.72. The molecule has 0 aliphatic heterocycles. The van der Waals surface area contributed by atoms with Gasteiger partial charge in [-0.3, -0.25) is 0 Å². The van der Waals surface area contributed by atoms with Gasteiger partial charge in [0.25, 0.3) is 6.43 Å². The molecule has 1 atom stereocenters. The standard InChI is InChI=1S/C9H8F3NO2/c10-6-3-1-2-5(4-6)9(13,7(11)12)8(14)15/h1-4,7H,13H2,(H,14,15). The van der Waals surface area contributed by atoms with Crippen LogP contribution in [0.5, 0.6) is 0 Å². The lowest BCUT2D eigenvalue weighted by atomic mass is 9.91. The molecule has 0 bridgehead atoms. The van der Waals surface area contributed by atoms with E-state index in [4.69, 9.17) is 10.8 Å². The Balaban J connectivity index is 3.28. The zero-order valence-electron chi connectivity index (χ0n) is 7.45. The molecule has 0 heterocycles. The number of rotatable bonds is 3. The fourth-order valence-corrected chi connectivity index (χ4v) is 1.09. The van der Waals surface area contributed by atoms with Crippen molar-refractivity contribution < 1.29 is 23.1 Å². The first-order valence-electron chi connectivity index (χ1n) is 3.95. The SMILES string of the molecule is NC(C(=O)O)(c1cccc(F)c1)C(F)F. The number of hydrogen-bond donors (Lipinski definition) is 2. The highest BCUT2D eigenvalue weighted by Gasteiger charge is 2.45. The number of halogens is 3. The van der Waals surface area contributed by atoms with E-state index in [1.807, 2.05) is 0 Å². The Morgan fingerprint density at radius 1 is 1.47 bits per heavy atom. The maximum atomic E-state index is 12.7. The van der Waals surface area contributed by atoms with Crippen molar-refractivity contribution in [1.29, 1.82) is 0 Å². The number of alkyl halides is 2. The minimum atomic E-state index is -3.32. The highest BCUT2D eigenvalue weighted by atomic mass is 19.3. The average Bonchev–Trinajstić information content (AvgIpc) is 2.15. The Labute approximate surface area is 83.3 Å². The van der Waals surface area contributed by atoms with Gasteiger partial charge in [0.2, 0.25) is 5.54 Å². The molecule has 0 radical (unpaired) electrons. The van der Waals surface area contributed by atoms with Crippen LogP contribution < -0.4 is 5.73 Å². The molecule has 6 heteroatoms. The molecule has 0 saturated heterocycles. The monoisotopic (exact) mass is 219 g/mol. The van der Waals surface area contributed by atoms with E-state index >= 15 is 0 Å². The minimum Gasteiger partial charge on any atom is -0.479 e. The molecule has 0 amide bonds. The number of carboxylic acids is 1. The van der Waals surface area contributed by atoms with Crippen molar-refractivity contribution in [2.75, 3.05) is 0 Å². The lowest BCUT2D eigenvalue weighted by Crippen LogP contribution is -2.51. The van der Waals surface area contributed by atoms with E-state index in [1.54, 1.807) is 0 Å². The van der Waals surface area contributed by atoms with Crippen molar-refractivity contribution in [3.8, 4) is 0 Å². The maximum Gasteiger partial charge on any atom is 0.334 e. The summed E-state index contributed by atoms with van der Waals surface area (Å²) in [7, 11) is 0. The van der Waals surface area contributed by atoms with Crippen LogP contribution in [0.2, 0.25) is 0 Å². The zero-order valence-corrected chi connectivity index (χ0v) is 7.45. The van der Waals surface area contributed by atoms with Crippen LogP contribution in [-0.4, -0.2) is 17.5 Å². The van der Waals surface area contributed by atoms with Crippen LogP contribution >= 0.6 is 0 Å². The molecule has 1 aromatic rings. The Kier molecular flexibility index (Phi) is 2.99. The molecular weight excluding hydrogens is 211 g/mol. The Hall–Kier alpha value is -1.56. The van der Waals surface area contributed by atoms with E-state index in [0.717, 1.165) is 18.2 Å². The van der Waals surface area contributed by atoms with E-state index in [-0.39, 0.29) is 0 Å². The molecule has 1 rings (SSSR count). The molecule has 0 saturated carbocycles. The predicted molar refractivity (Wildman–Crippen MR) is 45.9 cm³/mol. The second-order valence-electron chi connectivity index (χ2n) is 2.99. The molecular formula is C9H8F3NO2. The molecule has 0 aliphatic rings. The van der Waals surface area contributed by atoms with Gasteiger partial charge < -0.3 is 10.8 Å². The average molecular weight is 219 g/mol. The van der Waals surface area contributed by atoms with Crippen LogP contribution in [0.15, 0.2) is 24.3 Å². The van der Waals surface area contributed by atoms with Crippen LogP contribution in [0.25, 0.3) is 0 Å². The fourth-order valence-electron chi connectivity index (χ4n) is 1.09. The molecule has 3 nitrogen and oxygen atoms in total. The van der Waals surface area contributed by atoms with Crippen molar-refractivity contribution in [3.05, 3.63) is 35.6 Å². The molecule has 82 valence electrons. The number of benzene rings is 1. The first-order chi connectivity index (χ1) is 6.89. The van der Waals surface area contributed by atoms with Gasteiger partial charge in [0, 0.05) is 0 Å². The first kappa shape index (κ1) is 11.5. The van der Waals surface area contributed by atoms with Crippen LogP contribution in [0.3, 0.4) is 0 Å². The van der Waals surface area contributed by atoms with Crippen molar-refractivity contribution in [2.45, 2.75) is 12.0 Å². The second-order valence-corrected chi connectivity index (χ2v) is 2.99. The molecule has 0 aliphatic carbocycles. The third-order valence-corrected chi connectivity index (χ3v) is 2.00. The van der Waals surface area contributed by atoms with Gasteiger partial charge in [0.1, 0.15) is 5.82 Å². The summed E-state index contributed by atoms with van der Waals surface area (Å²) < 4.78 is 37.8. The highest BCUT2D eigenvalue weighted by molar-refractivity contribution is 5.81. The number of aliphatic carboxylic acids is 1. The van der Waals surface area contributed by atoms with Crippen molar-refractivity contribution in [1.82, 2.24) is 0 Å². The number of carboxylic acid groups (broad SMARTS) is 1. The van der Waals surface area contributed by atoms with Gasteiger partial charge in [0.05, 0.1) is 0 Å². The Bertz CT molecular complexity index is 383. The normalized spacial score (nSPS) is 15.0. The van der Waals surface area contributed by atoms with Gasteiger partial charge in [-0.05, 0) is 17.7 Å². The summed E-state index contributed by atoms with van der Waals surface area (Å²) in [6.45, 7) is 0. The van der Waals surface area contributed by atoms with Gasteiger partial charge in [-0.2, -0.15) is 0 Å². The molecule has 0 aromatic heterocycles. The third-order valence-electron chi connectivity index (χ3n) is 2.00. The van der Waals surface area contributed by atoms with Crippen molar-refractivity contribution in [3.63, 3.8) is 0 Å². The van der Waals surface area contributed by atoms with E-state index in [2.05, 4.69) is 0 Å². The van der Waals surface area contributed by atoms with Gasteiger partial charge in [-0.25, -0.2) is 18.0 Å². The Morgan fingerprint density at radius 2 is 2.07 bits per heavy atom. The maximum absolute atomic E-state index is 12.7. The molecule has 1 unspecified atom stereocenters. The second kappa shape index (κ2) is 3.90. The summed E-state index contributed by atoms with van der Waals surface area (Å²) in [4.78, 5) is 10.6. The van der Waals surface area contributed by atoms with E-state index in [1.165, 1.54) is 0 Å². The Morgan fingerprint density at radius 3 is 2.47 bits per heavy atom. The van der Waals surface area contributed by atoms with Crippen LogP contribution in [-0.2, 0) is 10.3 Å². The topological polar surface area (TPSA) is 63.3 Å². The van der Waals surface area contributed by atoms with Gasteiger partial charge in [0.15, 0.2) is 0 Å². The summed E-state index contributed by atoms with van der Waals surface area (Å²) in [6.07, 6.45) is -3.32. The lowest BCUT2D eigenvalue weighted by molar-refractivity contribution is -0.150. The smallest absolute Gasteiger partial charge is 0.334 e. The number of hydrogen-bond acceptors (Lipinski definition) is 2. The number of nitrogens with two attached hydrogens (primary N) is 1. The quantitative estimate of drug-likeness (QED) is 0.806. The number of carbonyl (C=O) groups is 1. The molecule has 0 fully saturated rings. The van der Waals surface area contributed by atoms with Gasteiger partial charge >= 0.3 is 5.97 Å². The molecule has 15 heavy (non-hydrogen) atoms. The zero-order chi connectivity index (χ0) is 11.6. The highest BCUT2D eigenvalue weighted by Crippen LogP contribution is 2.26. The molecule has 3 N–H and O–H groups in total. The summed E-state index contributed by atoms with van der Waals surface area (Å²) in [5.74, 6) is -2.72. The van der Waals surface area contributed by atoms with Crippen LogP contribution in [0, 0.1) is 5.82 Å². The van der Waals surface area contributed by atoms with Crippen LogP contribution in [0.4, 0.5) is 13.2 Å². The minimum absolute atomic E-state index is 0.468. The molecule has 1 aromatic carbocycles. The summed E-state index contributed by atoms with van der Waals surface area (Å²) in [6, 6.07) is 3.86. The van der Waals surface area contributed by atoms with Gasteiger partial charge in [-0.1, -0.05) is 12.1 Å². The van der Waals surface area contributed by atoms with Crippen molar-refractivity contribution in [2.24, 2.45) is 5.73 Å². The van der Waals surface area contributed by atoms with E-state index in [9.17, 15) is 18.0 Å². The third kappa shape index (κ3) is 1.94.